The van der Waals surface area contributed by atoms with E-state index < -0.39 is 5.97 Å². The molecule has 0 spiro atoms. The smallest absolute Gasteiger partial charge is 0.337 e. The Labute approximate surface area is 110 Å². The fourth-order valence-electron chi connectivity index (χ4n) is 1.82. The summed E-state index contributed by atoms with van der Waals surface area (Å²) >= 11 is 0. The Morgan fingerprint density at radius 1 is 1.47 bits per heavy atom. The van der Waals surface area contributed by atoms with Crippen molar-refractivity contribution < 1.29 is 14.6 Å². The molecule has 0 unspecified atom stereocenters. The topological polar surface area (TPSA) is 75.2 Å². The summed E-state index contributed by atoms with van der Waals surface area (Å²) in [5, 5.41) is 17.8. The summed E-state index contributed by atoms with van der Waals surface area (Å²) in [6.45, 7) is 0.506. The Balaban J connectivity index is 2.23. The van der Waals surface area contributed by atoms with Crippen molar-refractivity contribution in [2.75, 3.05) is 7.11 Å². The van der Waals surface area contributed by atoms with E-state index in [0.29, 0.717) is 17.9 Å². The van der Waals surface area contributed by atoms with Crippen LogP contribution >= 0.6 is 0 Å². The first-order valence-electron chi connectivity index (χ1n) is 5.60. The highest BCUT2D eigenvalue weighted by Gasteiger charge is 2.07. The van der Waals surface area contributed by atoms with Gasteiger partial charge in [-0.05, 0) is 23.8 Å². The number of hydrogen-bond donors (Lipinski definition) is 1. The molecule has 0 bridgehead atoms. The number of carbonyl (C=O) groups is 1. The zero-order valence-corrected chi connectivity index (χ0v) is 10.3. The summed E-state index contributed by atoms with van der Waals surface area (Å²) in [6.07, 6.45) is 3.25. The van der Waals surface area contributed by atoms with Gasteiger partial charge in [0.15, 0.2) is 0 Å². The normalized spacial score (nSPS) is 9.89. The van der Waals surface area contributed by atoms with Crippen LogP contribution in [0.25, 0.3) is 0 Å². The van der Waals surface area contributed by atoms with Crippen LogP contribution in [-0.2, 0) is 6.54 Å². The SMILES string of the molecule is COc1ccc(Cn2ccc(C(=O)O)c2)cc1C#N. The first-order chi connectivity index (χ1) is 9.13. The van der Waals surface area contributed by atoms with Gasteiger partial charge in [0.05, 0.1) is 18.2 Å². The summed E-state index contributed by atoms with van der Waals surface area (Å²) in [6, 6.07) is 8.92. The maximum atomic E-state index is 10.8. The van der Waals surface area contributed by atoms with Gasteiger partial charge in [-0.3, -0.25) is 0 Å². The lowest BCUT2D eigenvalue weighted by Crippen LogP contribution is -1.99. The van der Waals surface area contributed by atoms with Gasteiger partial charge in [-0.15, -0.1) is 0 Å². The zero-order valence-electron chi connectivity index (χ0n) is 10.3. The number of carboxylic acid groups (broad SMARTS) is 1. The molecule has 0 aliphatic rings. The maximum Gasteiger partial charge on any atom is 0.337 e. The van der Waals surface area contributed by atoms with Gasteiger partial charge in [-0.25, -0.2) is 4.79 Å². The molecule has 0 fully saturated rings. The number of rotatable bonds is 4. The van der Waals surface area contributed by atoms with Gasteiger partial charge < -0.3 is 14.4 Å². The van der Waals surface area contributed by atoms with Crippen LogP contribution in [0.15, 0.2) is 36.7 Å². The van der Waals surface area contributed by atoms with E-state index in [2.05, 4.69) is 6.07 Å². The average molecular weight is 256 g/mol. The molecule has 0 saturated heterocycles. The fourth-order valence-corrected chi connectivity index (χ4v) is 1.82. The average Bonchev–Trinajstić information content (AvgIpc) is 2.87. The Bertz CT molecular complexity index is 653. The largest absolute Gasteiger partial charge is 0.495 e. The van der Waals surface area contributed by atoms with E-state index in [0.717, 1.165) is 5.56 Å². The van der Waals surface area contributed by atoms with E-state index in [1.807, 2.05) is 6.07 Å². The molecule has 0 atom stereocenters. The van der Waals surface area contributed by atoms with Crippen LogP contribution in [-0.4, -0.2) is 22.8 Å². The van der Waals surface area contributed by atoms with Crippen molar-refractivity contribution in [2.45, 2.75) is 6.54 Å². The first-order valence-corrected chi connectivity index (χ1v) is 5.60. The minimum absolute atomic E-state index is 0.244. The molecule has 0 radical (unpaired) electrons. The third-order valence-corrected chi connectivity index (χ3v) is 2.75. The molecule has 96 valence electrons. The van der Waals surface area contributed by atoms with Crippen LogP contribution in [0, 0.1) is 11.3 Å². The van der Waals surface area contributed by atoms with Crippen LogP contribution in [0.3, 0.4) is 0 Å². The molecule has 2 aromatic rings. The van der Waals surface area contributed by atoms with E-state index in [4.69, 9.17) is 15.1 Å². The third-order valence-electron chi connectivity index (χ3n) is 2.75. The van der Waals surface area contributed by atoms with Crippen LogP contribution in [0.1, 0.15) is 21.5 Å². The van der Waals surface area contributed by atoms with E-state index in [-0.39, 0.29) is 5.56 Å². The predicted molar refractivity (Wildman–Crippen MR) is 68.2 cm³/mol. The highest BCUT2D eigenvalue weighted by atomic mass is 16.5. The van der Waals surface area contributed by atoms with Crippen LogP contribution in [0.4, 0.5) is 0 Å². The minimum atomic E-state index is -0.953. The van der Waals surface area contributed by atoms with Crippen molar-refractivity contribution in [2.24, 2.45) is 0 Å². The second-order valence-electron chi connectivity index (χ2n) is 4.02. The number of nitriles is 1. The molecule has 0 aliphatic carbocycles. The number of benzene rings is 1. The highest BCUT2D eigenvalue weighted by molar-refractivity contribution is 5.87. The van der Waals surface area contributed by atoms with E-state index >= 15 is 0 Å². The lowest BCUT2D eigenvalue weighted by molar-refractivity contribution is 0.0697. The molecule has 0 saturated carbocycles. The number of nitrogens with zero attached hydrogens (tertiary/aromatic N) is 2. The van der Waals surface area contributed by atoms with Gasteiger partial charge in [0.2, 0.25) is 0 Å². The summed E-state index contributed by atoms with van der Waals surface area (Å²) in [4.78, 5) is 10.8. The number of hydrogen-bond acceptors (Lipinski definition) is 3. The molecule has 1 aromatic carbocycles. The van der Waals surface area contributed by atoms with E-state index in [9.17, 15) is 4.79 Å². The molecule has 1 N–H and O–H groups in total. The zero-order chi connectivity index (χ0) is 13.8. The molecule has 0 aliphatic heterocycles. The van der Waals surface area contributed by atoms with Crippen molar-refractivity contribution in [3.63, 3.8) is 0 Å². The van der Waals surface area contributed by atoms with Gasteiger partial charge in [-0.2, -0.15) is 5.26 Å². The number of methoxy groups -OCH3 is 1. The molecule has 0 amide bonds. The number of ether oxygens (including phenoxy) is 1. The summed E-state index contributed by atoms with van der Waals surface area (Å²) in [7, 11) is 1.51. The molecule has 5 heteroatoms. The highest BCUT2D eigenvalue weighted by Crippen LogP contribution is 2.19. The van der Waals surface area contributed by atoms with Gasteiger partial charge >= 0.3 is 5.97 Å². The predicted octanol–water partition coefficient (Wildman–Crippen LogP) is 2.11. The lowest BCUT2D eigenvalue weighted by atomic mass is 10.1. The van der Waals surface area contributed by atoms with Crippen LogP contribution in [0.5, 0.6) is 5.75 Å². The third kappa shape index (κ3) is 2.75. The Morgan fingerprint density at radius 3 is 2.84 bits per heavy atom. The molecule has 1 heterocycles. The Kier molecular flexibility index (Phi) is 3.53. The molecule has 5 nitrogen and oxygen atoms in total. The van der Waals surface area contributed by atoms with Crippen molar-refractivity contribution >= 4 is 5.97 Å². The van der Waals surface area contributed by atoms with Gasteiger partial charge in [0.1, 0.15) is 11.8 Å². The number of aromatic carboxylic acids is 1. The Hall–Kier alpha value is -2.74. The van der Waals surface area contributed by atoms with Crippen LogP contribution < -0.4 is 4.74 Å². The molecule has 19 heavy (non-hydrogen) atoms. The second-order valence-corrected chi connectivity index (χ2v) is 4.02. The Morgan fingerprint density at radius 2 is 2.26 bits per heavy atom. The summed E-state index contributed by atoms with van der Waals surface area (Å²) in [5.41, 5.74) is 1.62. The first kappa shape index (κ1) is 12.7. The summed E-state index contributed by atoms with van der Waals surface area (Å²) < 4.78 is 6.83. The fraction of sp³-hybridized carbons (Fsp3) is 0.143. The monoisotopic (exact) mass is 256 g/mol. The van der Waals surface area contributed by atoms with E-state index in [1.54, 1.807) is 29.1 Å². The maximum absolute atomic E-state index is 10.8. The number of carboxylic acids is 1. The van der Waals surface area contributed by atoms with Gasteiger partial charge in [0, 0.05) is 18.9 Å². The molecule has 2 rings (SSSR count). The van der Waals surface area contributed by atoms with Crippen molar-refractivity contribution in [3.8, 4) is 11.8 Å². The molecular weight excluding hydrogens is 244 g/mol. The molecule has 1 aromatic heterocycles. The van der Waals surface area contributed by atoms with Gasteiger partial charge in [0.25, 0.3) is 0 Å². The lowest BCUT2D eigenvalue weighted by Gasteiger charge is -2.06. The van der Waals surface area contributed by atoms with Crippen molar-refractivity contribution in [3.05, 3.63) is 53.3 Å². The van der Waals surface area contributed by atoms with E-state index in [1.165, 1.54) is 13.2 Å². The standard InChI is InChI=1S/C14H12N2O3/c1-19-13-3-2-10(6-12(13)7-15)8-16-5-4-11(9-16)14(17)18/h2-6,9H,8H2,1H3,(H,17,18). The minimum Gasteiger partial charge on any atom is -0.495 e. The number of aromatic nitrogens is 1. The van der Waals surface area contributed by atoms with Crippen LogP contribution in [0.2, 0.25) is 0 Å². The quantitative estimate of drug-likeness (QED) is 0.909. The molecular formula is C14H12N2O3. The van der Waals surface area contributed by atoms with Crippen molar-refractivity contribution in [1.29, 1.82) is 5.26 Å². The van der Waals surface area contributed by atoms with Gasteiger partial charge in [-0.1, -0.05) is 6.07 Å². The second kappa shape index (κ2) is 5.27. The summed E-state index contributed by atoms with van der Waals surface area (Å²) in [5.74, 6) is -0.420. The van der Waals surface area contributed by atoms with Crippen molar-refractivity contribution in [1.82, 2.24) is 4.57 Å².